The Bertz CT molecular complexity index is 281. The third kappa shape index (κ3) is 1.72. The quantitative estimate of drug-likeness (QED) is 0.702. The molecule has 4 nitrogen and oxygen atoms in total. The van der Waals surface area contributed by atoms with Gasteiger partial charge in [-0.3, -0.25) is 0 Å². The molecule has 1 heterocycles. The largest absolute Gasteiger partial charge is 0.328 e. The first kappa shape index (κ1) is 8.69. The van der Waals surface area contributed by atoms with Crippen molar-refractivity contribution in [2.24, 2.45) is 5.73 Å². The van der Waals surface area contributed by atoms with Crippen molar-refractivity contribution in [2.45, 2.75) is 44.7 Å². The molecule has 1 unspecified atom stereocenters. The highest BCUT2D eigenvalue weighted by atomic mass is 15.3. The summed E-state index contributed by atoms with van der Waals surface area (Å²) in [5.74, 6) is 0.999. The van der Waals surface area contributed by atoms with Gasteiger partial charge in [0.2, 0.25) is 0 Å². The standard InChI is InChI=1S/C9H16N4/c1-7-12-11-6-13(7)9-4-2-3-8(10)5-9/h6,8-9H,2-5,10H2,1H3/t8?,9-/m1/s1. The SMILES string of the molecule is Cc1nncn1[C@@H]1CCCC(N)C1. The molecular formula is C9H16N4. The maximum Gasteiger partial charge on any atom is 0.129 e. The van der Waals surface area contributed by atoms with E-state index >= 15 is 0 Å². The Morgan fingerprint density at radius 2 is 2.38 bits per heavy atom. The molecule has 0 aliphatic heterocycles. The molecule has 1 aromatic heterocycles. The Hall–Kier alpha value is -0.900. The second-order valence-electron chi connectivity index (χ2n) is 3.87. The first-order valence-electron chi connectivity index (χ1n) is 4.89. The molecule has 72 valence electrons. The summed E-state index contributed by atoms with van der Waals surface area (Å²) in [6.45, 7) is 1.99. The van der Waals surface area contributed by atoms with E-state index in [4.69, 9.17) is 5.73 Å². The maximum absolute atomic E-state index is 5.93. The van der Waals surface area contributed by atoms with Crippen LogP contribution in [0.2, 0.25) is 0 Å². The molecular weight excluding hydrogens is 164 g/mol. The van der Waals surface area contributed by atoms with Crippen LogP contribution in [-0.2, 0) is 0 Å². The van der Waals surface area contributed by atoms with Gasteiger partial charge in [0, 0.05) is 12.1 Å². The molecule has 0 aromatic carbocycles. The fourth-order valence-corrected chi connectivity index (χ4v) is 2.11. The molecule has 0 saturated heterocycles. The van der Waals surface area contributed by atoms with E-state index in [9.17, 15) is 0 Å². The number of aryl methyl sites for hydroxylation is 1. The van der Waals surface area contributed by atoms with E-state index < -0.39 is 0 Å². The summed E-state index contributed by atoms with van der Waals surface area (Å²) in [6.07, 6.45) is 6.49. The number of nitrogens with zero attached hydrogens (tertiary/aromatic N) is 3. The minimum Gasteiger partial charge on any atom is -0.328 e. The number of hydrogen-bond donors (Lipinski definition) is 1. The van der Waals surface area contributed by atoms with Crippen molar-refractivity contribution in [3.63, 3.8) is 0 Å². The van der Waals surface area contributed by atoms with E-state index in [1.54, 1.807) is 0 Å². The zero-order chi connectivity index (χ0) is 9.26. The summed E-state index contributed by atoms with van der Waals surface area (Å²) in [5.41, 5.74) is 5.93. The van der Waals surface area contributed by atoms with Crippen molar-refractivity contribution in [1.29, 1.82) is 0 Å². The number of rotatable bonds is 1. The van der Waals surface area contributed by atoms with Gasteiger partial charge in [-0.25, -0.2) is 0 Å². The fraction of sp³-hybridized carbons (Fsp3) is 0.778. The third-order valence-electron chi connectivity index (χ3n) is 2.83. The van der Waals surface area contributed by atoms with E-state index in [0.717, 1.165) is 18.7 Å². The van der Waals surface area contributed by atoms with Crippen molar-refractivity contribution in [1.82, 2.24) is 14.8 Å². The van der Waals surface area contributed by atoms with Gasteiger partial charge < -0.3 is 10.3 Å². The van der Waals surface area contributed by atoms with Crippen molar-refractivity contribution >= 4 is 0 Å². The molecule has 1 aromatic rings. The number of aromatic nitrogens is 3. The van der Waals surface area contributed by atoms with Gasteiger partial charge in [0.05, 0.1) is 0 Å². The van der Waals surface area contributed by atoms with Crippen LogP contribution in [0.15, 0.2) is 6.33 Å². The Labute approximate surface area is 78.1 Å². The molecule has 1 aliphatic rings. The molecule has 2 N–H and O–H groups in total. The topological polar surface area (TPSA) is 56.7 Å². The van der Waals surface area contributed by atoms with E-state index in [1.165, 1.54) is 12.8 Å². The van der Waals surface area contributed by atoms with Gasteiger partial charge in [-0.05, 0) is 32.6 Å². The van der Waals surface area contributed by atoms with Gasteiger partial charge in [-0.2, -0.15) is 0 Å². The summed E-state index contributed by atoms with van der Waals surface area (Å²) in [7, 11) is 0. The van der Waals surface area contributed by atoms with E-state index in [-0.39, 0.29) is 0 Å². The lowest BCUT2D eigenvalue weighted by Gasteiger charge is -2.27. The molecule has 0 spiro atoms. The molecule has 1 fully saturated rings. The molecule has 13 heavy (non-hydrogen) atoms. The molecule has 0 bridgehead atoms. The zero-order valence-electron chi connectivity index (χ0n) is 7.98. The second-order valence-corrected chi connectivity index (χ2v) is 3.87. The first-order chi connectivity index (χ1) is 6.27. The number of nitrogens with two attached hydrogens (primary N) is 1. The summed E-state index contributed by atoms with van der Waals surface area (Å²) < 4.78 is 2.15. The van der Waals surface area contributed by atoms with Crippen LogP contribution in [0.3, 0.4) is 0 Å². The molecule has 0 radical (unpaired) electrons. The van der Waals surface area contributed by atoms with E-state index in [2.05, 4.69) is 14.8 Å². The number of hydrogen-bond acceptors (Lipinski definition) is 3. The highest BCUT2D eigenvalue weighted by molar-refractivity contribution is 4.89. The van der Waals surface area contributed by atoms with Crippen molar-refractivity contribution < 1.29 is 0 Å². The van der Waals surface area contributed by atoms with Crippen molar-refractivity contribution in [3.8, 4) is 0 Å². The van der Waals surface area contributed by atoms with Gasteiger partial charge in [-0.1, -0.05) is 0 Å². The van der Waals surface area contributed by atoms with Gasteiger partial charge in [0.1, 0.15) is 12.2 Å². The second kappa shape index (κ2) is 3.46. The van der Waals surface area contributed by atoms with Crippen molar-refractivity contribution in [2.75, 3.05) is 0 Å². The highest BCUT2D eigenvalue weighted by Gasteiger charge is 2.21. The molecule has 2 rings (SSSR count). The van der Waals surface area contributed by atoms with Crippen LogP contribution >= 0.6 is 0 Å². The molecule has 4 heteroatoms. The lowest BCUT2D eigenvalue weighted by Crippen LogP contribution is -2.29. The van der Waals surface area contributed by atoms with E-state index in [0.29, 0.717) is 12.1 Å². The Balaban J connectivity index is 2.12. The predicted octanol–water partition coefficient (Wildman–Crippen LogP) is 1.03. The smallest absolute Gasteiger partial charge is 0.129 e. The summed E-state index contributed by atoms with van der Waals surface area (Å²) in [4.78, 5) is 0. The summed E-state index contributed by atoms with van der Waals surface area (Å²) in [6, 6.07) is 0.888. The molecule has 2 atom stereocenters. The van der Waals surface area contributed by atoms with Crippen molar-refractivity contribution in [3.05, 3.63) is 12.2 Å². The maximum atomic E-state index is 5.93. The monoisotopic (exact) mass is 180 g/mol. The molecule has 0 amide bonds. The fourth-order valence-electron chi connectivity index (χ4n) is 2.11. The lowest BCUT2D eigenvalue weighted by atomic mass is 9.91. The van der Waals surface area contributed by atoms with Crippen LogP contribution < -0.4 is 5.73 Å². The summed E-state index contributed by atoms with van der Waals surface area (Å²) >= 11 is 0. The van der Waals surface area contributed by atoms with Gasteiger partial charge in [-0.15, -0.1) is 10.2 Å². The minimum absolute atomic E-state index is 0.362. The van der Waals surface area contributed by atoms with Gasteiger partial charge in [0.25, 0.3) is 0 Å². The zero-order valence-corrected chi connectivity index (χ0v) is 7.98. The molecule has 1 saturated carbocycles. The highest BCUT2D eigenvalue weighted by Crippen LogP contribution is 2.27. The van der Waals surface area contributed by atoms with Gasteiger partial charge in [0.15, 0.2) is 0 Å². The van der Waals surface area contributed by atoms with Gasteiger partial charge >= 0.3 is 0 Å². The first-order valence-corrected chi connectivity index (χ1v) is 4.89. The Morgan fingerprint density at radius 1 is 1.54 bits per heavy atom. The lowest BCUT2D eigenvalue weighted by molar-refractivity contribution is 0.315. The average molecular weight is 180 g/mol. The Kier molecular flexibility index (Phi) is 2.31. The third-order valence-corrected chi connectivity index (χ3v) is 2.83. The van der Waals surface area contributed by atoms with Crippen LogP contribution in [0, 0.1) is 6.92 Å². The predicted molar refractivity (Wildman–Crippen MR) is 50.2 cm³/mol. The van der Waals surface area contributed by atoms with Crippen LogP contribution in [0.25, 0.3) is 0 Å². The average Bonchev–Trinajstić information content (AvgIpc) is 2.51. The minimum atomic E-state index is 0.362. The van der Waals surface area contributed by atoms with Crippen LogP contribution in [0.4, 0.5) is 0 Å². The molecule has 1 aliphatic carbocycles. The normalized spacial score (nSPS) is 29.1. The van der Waals surface area contributed by atoms with Crippen LogP contribution in [-0.4, -0.2) is 20.8 Å². The van der Waals surface area contributed by atoms with Crippen LogP contribution in [0.5, 0.6) is 0 Å². The van der Waals surface area contributed by atoms with E-state index in [1.807, 2.05) is 13.3 Å². The Morgan fingerprint density at radius 3 is 3.00 bits per heavy atom. The van der Waals surface area contributed by atoms with Crippen LogP contribution in [0.1, 0.15) is 37.5 Å². The summed E-state index contributed by atoms with van der Waals surface area (Å²) in [5, 5.41) is 7.88.